The minimum atomic E-state index is -4.82. The molecule has 0 atom stereocenters. The zero-order valence-corrected chi connectivity index (χ0v) is 14.1. The van der Waals surface area contributed by atoms with Crippen LogP contribution in [0.2, 0.25) is 0 Å². The Hall–Kier alpha value is -1.88. The number of hydrogen-bond acceptors (Lipinski definition) is 4. The molecule has 22 heavy (non-hydrogen) atoms. The first kappa shape index (κ1) is 16.5. The van der Waals surface area contributed by atoms with Gasteiger partial charge in [-0.2, -0.15) is 0 Å². The van der Waals surface area contributed by atoms with E-state index in [0.29, 0.717) is 11.4 Å². The molecule has 0 bridgehead atoms. The Balaban J connectivity index is 2.03. The van der Waals surface area contributed by atoms with E-state index in [1.165, 1.54) is 24.3 Å². The number of azo groups is 1. The van der Waals surface area contributed by atoms with Crippen molar-refractivity contribution in [3.8, 4) is 0 Å². The molecule has 0 saturated carbocycles. The third kappa shape index (κ3) is 4.84. The van der Waals surface area contributed by atoms with Crippen molar-refractivity contribution in [2.24, 2.45) is 10.2 Å². The van der Waals surface area contributed by atoms with Crippen molar-refractivity contribution in [1.29, 1.82) is 0 Å². The van der Waals surface area contributed by atoms with Crippen molar-refractivity contribution >= 4 is 35.6 Å². The Bertz CT molecular complexity index is 678. The number of nitrogens with zero attached hydrogens (tertiary/aromatic N) is 2. The van der Waals surface area contributed by atoms with Crippen molar-refractivity contribution in [3.63, 3.8) is 0 Å². The Morgan fingerprint density at radius 1 is 0.955 bits per heavy atom. The molecule has 0 radical (unpaired) electrons. The summed E-state index contributed by atoms with van der Waals surface area (Å²) in [6.45, 7) is 3.03. The third-order valence-electron chi connectivity index (χ3n) is 2.91. The SMILES string of the molecule is CCCNc1ccc(N=Nc2ccc([As](=O)(O)O)cc2)cc1. The topological polar surface area (TPSA) is 94.3 Å². The van der Waals surface area contributed by atoms with Crippen LogP contribution in [0, 0.1) is 0 Å². The van der Waals surface area contributed by atoms with Gasteiger partial charge in [-0.1, -0.05) is 6.92 Å². The maximum atomic E-state index is 11.1. The Morgan fingerprint density at radius 2 is 1.45 bits per heavy atom. The van der Waals surface area contributed by atoms with E-state index in [2.05, 4.69) is 22.5 Å². The van der Waals surface area contributed by atoms with Gasteiger partial charge in [-0.3, -0.25) is 0 Å². The van der Waals surface area contributed by atoms with Gasteiger partial charge in [0.2, 0.25) is 0 Å². The van der Waals surface area contributed by atoms with Gasteiger partial charge in [0.15, 0.2) is 0 Å². The summed E-state index contributed by atoms with van der Waals surface area (Å²) in [5.41, 5.74) is 2.29. The fourth-order valence-corrected chi connectivity index (χ4v) is 2.87. The number of benzene rings is 2. The predicted molar refractivity (Wildman–Crippen MR) is 86.4 cm³/mol. The molecule has 2 aromatic carbocycles. The van der Waals surface area contributed by atoms with E-state index in [4.69, 9.17) is 8.19 Å². The van der Waals surface area contributed by atoms with Crippen molar-refractivity contribution in [2.75, 3.05) is 11.9 Å². The zero-order valence-electron chi connectivity index (χ0n) is 12.2. The van der Waals surface area contributed by atoms with Crippen LogP contribution in [0.4, 0.5) is 17.1 Å². The van der Waals surface area contributed by atoms with E-state index in [1.807, 2.05) is 24.3 Å². The summed E-state index contributed by atoms with van der Waals surface area (Å²) >= 11 is -4.82. The van der Waals surface area contributed by atoms with Crippen LogP contribution < -0.4 is 9.67 Å². The molecule has 116 valence electrons. The minimum absolute atomic E-state index is 0.0310. The van der Waals surface area contributed by atoms with E-state index in [1.54, 1.807) is 0 Å². The molecule has 0 heterocycles. The first-order valence-corrected chi connectivity index (χ1v) is 10.3. The van der Waals surface area contributed by atoms with Crippen LogP contribution in [-0.4, -0.2) is 28.9 Å². The summed E-state index contributed by atoms with van der Waals surface area (Å²) in [5.74, 6) is 0. The van der Waals surface area contributed by atoms with Crippen LogP contribution in [0.15, 0.2) is 58.8 Å². The zero-order chi connectivity index (χ0) is 16.0. The van der Waals surface area contributed by atoms with Gasteiger partial charge in [-0.25, -0.2) is 0 Å². The molecule has 0 saturated heterocycles. The monoisotopic (exact) mass is 363 g/mol. The van der Waals surface area contributed by atoms with Gasteiger partial charge in [-0.15, -0.1) is 0 Å². The Morgan fingerprint density at radius 3 is 1.91 bits per heavy atom. The molecular weight excluding hydrogens is 345 g/mol. The molecule has 0 aromatic heterocycles. The van der Waals surface area contributed by atoms with Gasteiger partial charge in [0.05, 0.1) is 0 Å². The van der Waals surface area contributed by atoms with Gasteiger partial charge < -0.3 is 0 Å². The number of rotatable bonds is 6. The average Bonchev–Trinajstić information content (AvgIpc) is 2.51. The summed E-state index contributed by atoms with van der Waals surface area (Å²) in [5, 5.41) is 11.4. The summed E-state index contributed by atoms with van der Waals surface area (Å²) in [4.78, 5) is 0. The first-order chi connectivity index (χ1) is 10.5. The van der Waals surface area contributed by atoms with E-state index in [0.717, 1.165) is 18.7 Å². The molecule has 0 aliphatic rings. The molecule has 0 amide bonds. The van der Waals surface area contributed by atoms with Gasteiger partial charge in [0.25, 0.3) is 0 Å². The molecular formula is C15H18AsN3O3. The van der Waals surface area contributed by atoms with Crippen LogP contribution in [0.3, 0.4) is 0 Å². The van der Waals surface area contributed by atoms with Crippen LogP contribution in [0.1, 0.15) is 13.3 Å². The molecule has 7 heteroatoms. The quantitative estimate of drug-likeness (QED) is 0.543. The predicted octanol–water partition coefficient (Wildman–Crippen LogP) is 2.48. The number of hydrogen-bond donors (Lipinski definition) is 3. The van der Waals surface area contributed by atoms with E-state index < -0.39 is 14.2 Å². The van der Waals surface area contributed by atoms with E-state index in [-0.39, 0.29) is 4.35 Å². The van der Waals surface area contributed by atoms with Crippen molar-refractivity contribution in [1.82, 2.24) is 0 Å². The number of anilines is 1. The van der Waals surface area contributed by atoms with Gasteiger partial charge >= 0.3 is 118 Å². The molecule has 0 aliphatic carbocycles. The van der Waals surface area contributed by atoms with E-state index in [9.17, 15) is 3.74 Å². The second-order valence-corrected chi connectivity index (χ2v) is 8.10. The average molecular weight is 363 g/mol. The summed E-state index contributed by atoms with van der Waals surface area (Å²) < 4.78 is 29.3. The summed E-state index contributed by atoms with van der Waals surface area (Å²) in [6.07, 6.45) is 1.06. The summed E-state index contributed by atoms with van der Waals surface area (Å²) in [7, 11) is 0. The van der Waals surface area contributed by atoms with Gasteiger partial charge in [-0.05, 0) is 6.42 Å². The molecule has 0 aliphatic heterocycles. The molecule has 2 aromatic rings. The molecule has 3 N–H and O–H groups in total. The third-order valence-corrected chi connectivity index (χ3v) is 4.95. The second kappa shape index (κ2) is 7.40. The van der Waals surface area contributed by atoms with Gasteiger partial charge in [0, 0.05) is 0 Å². The van der Waals surface area contributed by atoms with Crippen molar-refractivity contribution in [2.45, 2.75) is 13.3 Å². The molecule has 2 rings (SSSR count). The van der Waals surface area contributed by atoms with E-state index >= 15 is 0 Å². The second-order valence-electron chi connectivity index (χ2n) is 4.73. The van der Waals surface area contributed by atoms with Crippen molar-refractivity contribution in [3.05, 3.63) is 48.5 Å². The van der Waals surface area contributed by atoms with Crippen LogP contribution in [0.5, 0.6) is 0 Å². The maximum absolute atomic E-state index is 11.1. The molecule has 0 fully saturated rings. The molecule has 0 unspecified atom stereocenters. The van der Waals surface area contributed by atoms with Crippen LogP contribution >= 0.6 is 0 Å². The standard InChI is InChI=1S/C15H18AsN3O3/c1-2-11-17-13-7-9-15(10-8-13)19-18-14-5-3-12(4-6-14)16(20,21)22/h3-10,17H,2,11H2,1H3,(H2,20,21,22). The molecule has 0 spiro atoms. The number of nitrogens with one attached hydrogen (secondary N) is 1. The van der Waals surface area contributed by atoms with Crippen molar-refractivity contribution < 1.29 is 11.9 Å². The van der Waals surface area contributed by atoms with Gasteiger partial charge in [0.1, 0.15) is 0 Å². The van der Waals surface area contributed by atoms with Crippen LogP contribution in [0.25, 0.3) is 0 Å². The summed E-state index contributed by atoms with van der Waals surface area (Å²) in [6, 6.07) is 13.4. The first-order valence-electron chi connectivity index (χ1n) is 6.91. The fourth-order valence-electron chi connectivity index (χ4n) is 1.74. The van der Waals surface area contributed by atoms with Crippen LogP contribution in [-0.2, 0) is 3.74 Å². The fraction of sp³-hybridized carbons (Fsp3) is 0.200. The Kier molecular flexibility index (Phi) is 5.55. The normalized spacial score (nSPS) is 11.8. The Labute approximate surface area is 131 Å². The molecule has 6 nitrogen and oxygen atoms in total.